The second kappa shape index (κ2) is 8.12. The summed E-state index contributed by atoms with van der Waals surface area (Å²) >= 11 is 0. The molecule has 0 spiro atoms. The van der Waals surface area contributed by atoms with Gasteiger partial charge in [-0.15, -0.1) is 0 Å². The van der Waals surface area contributed by atoms with Gasteiger partial charge in [0.2, 0.25) is 5.91 Å². The number of fused-ring (bicyclic) bond motifs is 1. The van der Waals surface area contributed by atoms with Crippen LogP contribution in [0.4, 0.5) is 32.0 Å². The van der Waals surface area contributed by atoms with Crippen molar-refractivity contribution in [1.82, 2.24) is 5.32 Å². The topological polar surface area (TPSA) is 69.6 Å². The second-order valence-electron chi connectivity index (χ2n) is 7.31. The summed E-state index contributed by atoms with van der Waals surface area (Å²) in [5, 5.41) is 12.0. The first-order valence-electron chi connectivity index (χ1n) is 9.40. The van der Waals surface area contributed by atoms with Crippen molar-refractivity contribution in [2.24, 2.45) is 0 Å². The minimum Gasteiger partial charge on any atom is -0.369 e. The predicted molar refractivity (Wildman–Crippen MR) is 102 cm³/mol. The zero-order valence-electron chi connectivity index (χ0n) is 16.6. The van der Waals surface area contributed by atoms with Crippen LogP contribution >= 0.6 is 0 Å². The first-order chi connectivity index (χ1) is 14.8. The van der Waals surface area contributed by atoms with E-state index in [9.17, 15) is 41.0 Å². The number of alkyl halides is 6. The quantitative estimate of drug-likeness (QED) is 0.682. The largest absolute Gasteiger partial charge is 0.430 e. The second-order valence-corrected chi connectivity index (χ2v) is 7.31. The zero-order valence-corrected chi connectivity index (χ0v) is 16.6. The molecular formula is C21H18F6N2O3. The third kappa shape index (κ3) is 4.04. The molecule has 1 heterocycles. The highest BCUT2D eigenvalue weighted by molar-refractivity contribution is 5.99. The molecule has 0 radical (unpaired) electrons. The van der Waals surface area contributed by atoms with E-state index in [2.05, 4.69) is 5.32 Å². The molecule has 0 fully saturated rings. The van der Waals surface area contributed by atoms with Crippen LogP contribution in [0.25, 0.3) is 0 Å². The van der Waals surface area contributed by atoms with Gasteiger partial charge in [-0.05, 0) is 35.7 Å². The van der Waals surface area contributed by atoms with Crippen LogP contribution in [-0.2, 0) is 23.4 Å². The molecule has 0 atom stereocenters. The molecule has 0 aromatic heterocycles. The van der Waals surface area contributed by atoms with Crippen molar-refractivity contribution in [2.75, 3.05) is 11.9 Å². The van der Waals surface area contributed by atoms with Crippen molar-refractivity contribution in [3.05, 3.63) is 64.7 Å². The molecule has 32 heavy (non-hydrogen) atoms. The van der Waals surface area contributed by atoms with Crippen LogP contribution in [0.5, 0.6) is 0 Å². The monoisotopic (exact) mass is 460 g/mol. The van der Waals surface area contributed by atoms with E-state index >= 15 is 0 Å². The van der Waals surface area contributed by atoms with Crippen molar-refractivity contribution in [2.45, 2.75) is 37.3 Å². The lowest BCUT2D eigenvalue weighted by molar-refractivity contribution is -0.376. The van der Waals surface area contributed by atoms with Gasteiger partial charge in [-0.3, -0.25) is 9.59 Å². The molecule has 0 aliphatic carbocycles. The number of nitrogens with one attached hydrogen (secondary N) is 1. The van der Waals surface area contributed by atoms with Crippen LogP contribution in [0.1, 0.15) is 33.5 Å². The lowest BCUT2D eigenvalue weighted by Crippen LogP contribution is -2.53. The summed E-state index contributed by atoms with van der Waals surface area (Å²) in [5.41, 5.74) is -4.52. The molecule has 2 aromatic rings. The van der Waals surface area contributed by atoms with E-state index in [1.165, 1.54) is 18.0 Å². The van der Waals surface area contributed by atoms with Gasteiger partial charge in [0, 0.05) is 30.3 Å². The van der Waals surface area contributed by atoms with E-state index in [1.807, 2.05) is 0 Å². The smallest absolute Gasteiger partial charge is 0.369 e. The summed E-state index contributed by atoms with van der Waals surface area (Å²) < 4.78 is 78.2. The number of hydrogen-bond acceptors (Lipinski definition) is 3. The Morgan fingerprint density at radius 2 is 1.59 bits per heavy atom. The fourth-order valence-electron chi connectivity index (χ4n) is 3.54. The van der Waals surface area contributed by atoms with E-state index in [0.717, 1.165) is 12.1 Å². The Balaban J connectivity index is 1.91. The lowest BCUT2D eigenvalue weighted by Gasteiger charge is -2.33. The fourth-order valence-corrected chi connectivity index (χ4v) is 3.54. The van der Waals surface area contributed by atoms with Crippen LogP contribution in [0.2, 0.25) is 0 Å². The molecule has 172 valence electrons. The van der Waals surface area contributed by atoms with Crippen molar-refractivity contribution < 1.29 is 41.0 Å². The average Bonchev–Trinajstić information content (AvgIpc) is 2.73. The first-order valence-corrected chi connectivity index (χ1v) is 9.40. The van der Waals surface area contributed by atoms with Crippen molar-refractivity contribution in [1.29, 1.82) is 0 Å². The summed E-state index contributed by atoms with van der Waals surface area (Å²) in [4.78, 5) is 25.6. The number of benzene rings is 2. The first kappa shape index (κ1) is 23.6. The Kier molecular flexibility index (Phi) is 5.98. The molecular weight excluding hydrogens is 442 g/mol. The Labute approximate surface area is 178 Å². The molecule has 1 aliphatic rings. The van der Waals surface area contributed by atoms with Gasteiger partial charge in [0.25, 0.3) is 11.5 Å². The van der Waals surface area contributed by atoms with Gasteiger partial charge < -0.3 is 15.3 Å². The van der Waals surface area contributed by atoms with Gasteiger partial charge in [-0.1, -0.05) is 24.3 Å². The van der Waals surface area contributed by atoms with Gasteiger partial charge >= 0.3 is 12.4 Å². The standard InChI is InChI=1S/C21H18F6N2O3/c1-28-18(31)14-4-8-16-13(10-14)5-9-17(30)29(16)11-12-2-6-15(7-3-12)19(32,20(22,23)24)21(25,26)27/h2-4,6-8,10,32H,5,9,11H2,1H3,(H,28,31). The molecule has 2 N–H and O–H groups in total. The molecule has 0 saturated heterocycles. The maximum Gasteiger partial charge on any atom is 0.430 e. The minimum absolute atomic E-state index is 0.109. The number of hydrogen-bond donors (Lipinski definition) is 2. The molecule has 3 rings (SSSR count). The van der Waals surface area contributed by atoms with Gasteiger partial charge in [0.1, 0.15) is 0 Å². The number of amides is 2. The third-order valence-electron chi connectivity index (χ3n) is 5.30. The van der Waals surface area contributed by atoms with Gasteiger partial charge in [0.15, 0.2) is 0 Å². The summed E-state index contributed by atoms with van der Waals surface area (Å²) in [6, 6.07) is 7.79. The zero-order chi connectivity index (χ0) is 23.9. The highest BCUT2D eigenvalue weighted by Gasteiger charge is 2.71. The number of carbonyl (C=O) groups excluding carboxylic acids is 2. The molecule has 11 heteroatoms. The van der Waals surface area contributed by atoms with Crippen LogP contribution in [0, 0.1) is 0 Å². The highest BCUT2D eigenvalue weighted by atomic mass is 19.4. The number of carbonyl (C=O) groups is 2. The van der Waals surface area contributed by atoms with Gasteiger partial charge in [-0.25, -0.2) is 0 Å². The van der Waals surface area contributed by atoms with Crippen molar-refractivity contribution in [3.63, 3.8) is 0 Å². The summed E-state index contributed by atoms with van der Waals surface area (Å²) in [6.07, 6.45) is -11.4. The molecule has 0 bridgehead atoms. The number of aryl methyl sites for hydroxylation is 1. The molecule has 5 nitrogen and oxygen atoms in total. The minimum atomic E-state index is -5.98. The van der Waals surface area contributed by atoms with E-state index in [-0.39, 0.29) is 30.3 Å². The van der Waals surface area contributed by atoms with Crippen LogP contribution < -0.4 is 10.2 Å². The lowest BCUT2D eigenvalue weighted by atomic mass is 9.91. The number of halogens is 6. The van der Waals surface area contributed by atoms with E-state index < -0.39 is 23.5 Å². The molecule has 1 aliphatic heterocycles. The highest BCUT2D eigenvalue weighted by Crippen LogP contribution is 2.50. The number of anilines is 1. The maximum absolute atomic E-state index is 13.0. The number of rotatable bonds is 4. The predicted octanol–water partition coefficient (Wildman–Crippen LogP) is 3.84. The van der Waals surface area contributed by atoms with Crippen molar-refractivity contribution in [3.8, 4) is 0 Å². The molecule has 0 unspecified atom stereocenters. The number of nitrogens with zero attached hydrogens (tertiary/aromatic N) is 1. The Hall–Kier alpha value is -3.08. The molecule has 2 amide bonds. The third-order valence-corrected chi connectivity index (χ3v) is 5.30. The fraction of sp³-hybridized carbons (Fsp3) is 0.333. The van der Waals surface area contributed by atoms with E-state index in [1.54, 1.807) is 12.1 Å². The van der Waals surface area contributed by atoms with Crippen molar-refractivity contribution >= 4 is 17.5 Å². The molecule has 0 saturated carbocycles. The van der Waals surface area contributed by atoms with Crippen LogP contribution in [0.15, 0.2) is 42.5 Å². The maximum atomic E-state index is 13.0. The molecule has 2 aromatic carbocycles. The van der Waals surface area contributed by atoms with E-state index in [0.29, 0.717) is 35.4 Å². The summed E-state index contributed by atoms with van der Waals surface area (Å²) in [7, 11) is 1.47. The Morgan fingerprint density at radius 1 is 1.00 bits per heavy atom. The normalized spacial score (nSPS) is 14.9. The summed E-state index contributed by atoms with van der Waals surface area (Å²) in [6.45, 7) is -0.109. The van der Waals surface area contributed by atoms with E-state index in [4.69, 9.17) is 0 Å². The summed E-state index contributed by atoms with van der Waals surface area (Å²) in [5.74, 6) is -0.593. The Bertz CT molecular complexity index is 1020. The van der Waals surface area contributed by atoms with Gasteiger partial charge in [0.05, 0.1) is 6.54 Å². The average molecular weight is 460 g/mol. The van der Waals surface area contributed by atoms with Crippen LogP contribution in [-0.4, -0.2) is 36.3 Å². The van der Waals surface area contributed by atoms with Crippen LogP contribution in [0.3, 0.4) is 0 Å². The SMILES string of the molecule is CNC(=O)c1ccc2c(c1)CCC(=O)N2Cc1ccc(C(O)(C(F)(F)F)C(F)(F)F)cc1. The Morgan fingerprint density at radius 3 is 2.12 bits per heavy atom. The van der Waals surface area contributed by atoms with Gasteiger partial charge in [-0.2, -0.15) is 26.3 Å². The number of aliphatic hydroxyl groups is 1.